The van der Waals surface area contributed by atoms with Crippen molar-refractivity contribution in [1.82, 2.24) is 15.2 Å². The fourth-order valence-electron chi connectivity index (χ4n) is 3.71. The van der Waals surface area contributed by atoms with Crippen molar-refractivity contribution >= 4 is 11.8 Å². The van der Waals surface area contributed by atoms with Gasteiger partial charge in [-0.2, -0.15) is 0 Å². The van der Waals surface area contributed by atoms with Gasteiger partial charge in [-0.3, -0.25) is 14.6 Å². The van der Waals surface area contributed by atoms with Crippen molar-refractivity contribution in [3.05, 3.63) is 89.7 Å². The van der Waals surface area contributed by atoms with Crippen molar-refractivity contribution in [2.24, 2.45) is 0 Å². The largest absolute Gasteiger partial charge is 0.454 e. The van der Waals surface area contributed by atoms with Gasteiger partial charge in [0.2, 0.25) is 6.79 Å². The second-order valence-electron chi connectivity index (χ2n) is 7.56. The summed E-state index contributed by atoms with van der Waals surface area (Å²) >= 11 is 0. The topological polar surface area (TPSA) is 80.8 Å². The molecule has 2 aromatic carbocycles. The summed E-state index contributed by atoms with van der Waals surface area (Å²) in [5.74, 6) is 0.673. The van der Waals surface area contributed by atoms with Gasteiger partial charge in [0.1, 0.15) is 5.69 Å². The van der Waals surface area contributed by atoms with E-state index in [1.807, 2.05) is 30.3 Å². The average Bonchev–Trinajstić information content (AvgIpc) is 3.33. The Morgan fingerprint density at radius 1 is 1.03 bits per heavy atom. The molecular weight excluding hydrogens is 406 g/mol. The van der Waals surface area contributed by atoms with E-state index in [4.69, 9.17) is 9.47 Å². The van der Waals surface area contributed by atoms with E-state index in [0.29, 0.717) is 42.1 Å². The molecule has 164 valence electrons. The maximum Gasteiger partial charge on any atom is 0.269 e. The number of ether oxygens (including phenoxy) is 2. The molecule has 0 bridgehead atoms. The van der Waals surface area contributed by atoms with Crippen LogP contribution in [0.15, 0.2) is 72.9 Å². The van der Waals surface area contributed by atoms with Gasteiger partial charge in [-0.15, -0.1) is 0 Å². The van der Waals surface area contributed by atoms with Crippen LogP contribution in [0.4, 0.5) is 0 Å². The van der Waals surface area contributed by atoms with Crippen LogP contribution in [-0.2, 0) is 6.42 Å². The van der Waals surface area contributed by atoms with Gasteiger partial charge >= 0.3 is 0 Å². The van der Waals surface area contributed by atoms with Crippen LogP contribution < -0.4 is 14.8 Å². The van der Waals surface area contributed by atoms with Crippen LogP contribution in [0.3, 0.4) is 0 Å². The molecule has 3 aromatic rings. The molecule has 7 nitrogen and oxygen atoms in total. The van der Waals surface area contributed by atoms with Crippen molar-refractivity contribution < 1.29 is 19.1 Å². The van der Waals surface area contributed by atoms with Crippen LogP contribution in [0, 0.1) is 0 Å². The zero-order chi connectivity index (χ0) is 22.3. The fourth-order valence-corrected chi connectivity index (χ4v) is 3.71. The van der Waals surface area contributed by atoms with Crippen LogP contribution in [-0.4, -0.2) is 48.1 Å². The highest BCUT2D eigenvalue weighted by molar-refractivity contribution is 5.98. The molecule has 1 atom stereocenters. The Labute approximate surface area is 187 Å². The van der Waals surface area contributed by atoms with Crippen molar-refractivity contribution in [2.45, 2.75) is 18.9 Å². The summed E-state index contributed by atoms with van der Waals surface area (Å²) in [6.45, 7) is 0.521. The number of nitrogens with one attached hydrogen (secondary N) is 1. The van der Waals surface area contributed by atoms with Crippen molar-refractivity contribution in [3.63, 3.8) is 0 Å². The van der Waals surface area contributed by atoms with Crippen LogP contribution in [0.2, 0.25) is 0 Å². The Bertz CT molecular complexity index is 1070. The number of fused-ring (bicyclic) bond motifs is 1. The first-order chi connectivity index (χ1) is 15.6. The lowest BCUT2D eigenvalue weighted by Gasteiger charge is -2.29. The second-order valence-corrected chi connectivity index (χ2v) is 7.56. The molecule has 0 radical (unpaired) electrons. The van der Waals surface area contributed by atoms with E-state index in [2.05, 4.69) is 10.3 Å². The molecule has 0 spiro atoms. The number of hydrogen-bond acceptors (Lipinski definition) is 5. The maximum atomic E-state index is 13.3. The van der Waals surface area contributed by atoms with E-state index in [9.17, 15) is 9.59 Å². The van der Waals surface area contributed by atoms with Crippen molar-refractivity contribution in [3.8, 4) is 11.5 Å². The number of likely N-dealkylation sites (N-methyl/N-ethyl adjacent to an activating group) is 1. The third kappa shape index (κ3) is 4.88. The van der Waals surface area contributed by atoms with E-state index >= 15 is 0 Å². The van der Waals surface area contributed by atoms with Crippen LogP contribution in [0.5, 0.6) is 11.5 Å². The minimum Gasteiger partial charge on any atom is -0.454 e. The smallest absolute Gasteiger partial charge is 0.269 e. The monoisotopic (exact) mass is 431 g/mol. The number of para-hydroxylation sites is 1. The lowest BCUT2D eigenvalue weighted by Crippen LogP contribution is -2.41. The Hall–Kier alpha value is -3.87. The number of pyridine rings is 1. The molecule has 2 heterocycles. The quantitative estimate of drug-likeness (QED) is 0.592. The van der Waals surface area contributed by atoms with E-state index in [1.54, 1.807) is 54.5 Å². The third-order valence-electron chi connectivity index (χ3n) is 5.47. The summed E-state index contributed by atoms with van der Waals surface area (Å²) in [5, 5.41) is 2.91. The van der Waals surface area contributed by atoms with Crippen LogP contribution in [0.1, 0.15) is 32.8 Å². The molecule has 32 heavy (non-hydrogen) atoms. The molecule has 2 amide bonds. The van der Waals surface area contributed by atoms with Crippen molar-refractivity contribution in [1.29, 1.82) is 0 Å². The number of benzene rings is 2. The highest BCUT2D eigenvalue weighted by Crippen LogP contribution is 2.36. The predicted molar refractivity (Wildman–Crippen MR) is 120 cm³/mol. The van der Waals surface area contributed by atoms with Gasteiger partial charge in [-0.05, 0) is 42.7 Å². The van der Waals surface area contributed by atoms with Gasteiger partial charge in [0, 0.05) is 25.8 Å². The molecule has 0 saturated heterocycles. The van der Waals surface area contributed by atoms with E-state index in [1.165, 1.54) is 0 Å². The van der Waals surface area contributed by atoms with Gasteiger partial charge in [0.25, 0.3) is 11.8 Å². The molecular formula is C25H25N3O4. The minimum absolute atomic E-state index is 0.107. The van der Waals surface area contributed by atoms with Gasteiger partial charge in [0.05, 0.1) is 5.56 Å². The zero-order valence-corrected chi connectivity index (χ0v) is 17.9. The molecule has 0 fully saturated rings. The first-order valence-electron chi connectivity index (χ1n) is 10.5. The first kappa shape index (κ1) is 21.4. The number of carbonyl (C=O) groups is 2. The van der Waals surface area contributed by atoms with Crippen LogP contribution in [0.25, 0.3) is 0 Å². The van der Waals surface area contributed by atoms with Crippen LogP contribution >= 0.6 is 0 Å². The number of nitrogens with zero attached hydrogens (tertiary/aromatic N) is 2. The van der Waals surface area contributed by atoms with Gasteiger partial charge in [0.15, 0.2) is 11.5 Å². The summed E-state index contributed by atoms with van der Waals surface area (Å²) in [6.07, 6.45) is 2.83. The summed E-state index contributed by atoms with van der Waals surface area (Å²) in [4.78, 5) is 31.5. The lowest BCUT2D eigenvalue weighted by molar-refractivity contribution is 0.0718. The molecule has 1 unspecified atom stereocenters. The standard InChI is InChI=1S/C25H25N3O4/c1-28(25(30)20-10-7-12-22-23(20)32-17-31-22)19(16-18-8-3-2-4-9-18)13-15-27-24(29)21-11-5-6-14-26-21/h2-12,14,19H,13,15-17H2,1H3,(H,27,29). The minimum atomic E-state index is -0.232. The zero-order valence-electron chi connectivity index (χ0n) is 17.9. The summed E-state index contributed by atoms with van der Waals surface area (Å²) in [6, 6.07) is 20.4. The van der Waals surface area contributed by atoms with E-state index in [0.717, 1.165) is 5.56 Å². The summed E-state index contributed by atoms with van der Waals surface area (Å²) in [5.41, 5.74) is 1.96. The second kappa shape index (κ2) is 9.96. The number of carbonyl (C=O) groups excluding carboxylic acids is 2. The first-order valence-corrected chi connectivity index (χ1v) is 10.5. The molecule has 0 saturated carbocycles. The van der Waals surface area contributed by atoms with E-state index < -0.39 is 0 Å². The predicted octanol–water partition coefficient (Wildman–Crippen LogP) is 3.31. The van der Waals surface area contributed by atoms with E-state index in [-0.39, 0.29) is 24.6 Å². The molecule has 4 rings (SSSR count). The third-order valence-corrected chi connectivity index (χ3v) is 5.47. The SMILES string of the molecule is CN(C(=O)c1cccc2c1OCO2)C(CCNC(=O)c1ccccn1)Cc1ccccc1. The normalized spacial score (nSPS) is 12.8. The Morgan fingerprint density at radius 3 is 2.62 bits per heavy atom. The number of amides is 2. The Balaban J connectivity index is 1.48. The lowest BCUT2D eigenvalue weighted by atomic mass is 10.0. The molecule has 1 N–H and O–H groups in total. The summed E-state index contributed by atoms with van der Waals surface area (Å²) < 4.78 is 10.9. The Morgan fingerprint density at radius 2 is 1.84 bits per heavy atom. The fraction of sp³-hybridized carbons (Fsp3) is 0.240. The highest BCUT2D eigenvalue weighted by atomic mass is 16.7. The van der Waals surface area contributed by atoms with Crippen molar-refractivity contribution in [2.75, 3.05) is 20.4 Å². The molecule has 7 heteroatoms. The van der Waals surface area contributed by atoms with Gasteiger partial charge in [-0.25, -0.2) is 0 Å². The summed E-state index contributed by atoms with van der Waals surface area (Å²) in [7, 11) is 1.78. The molecule has 1 aliphatic heterocycles. The highest BCUT2D eigenvalue weighted by Gasteiger charge is 2.27. The number of aromatic nitrogens is 1. The number of hydrogen-bond donors (Lipinski definition) is 1. The number of rotatable bonds is 8. The maximum absolute atomic E-state index is 13.3. The molecule has 0 aliphatic carbocycles. The van der Waals surface area contributed by atoms with Gasteiger partial charge < -0.3 is 19.7 Å². The Kier molecular flexibility index (Phi) is 6.65. The molecule has 1 aromatic heterocycles. The average molecular weight is 431 g/mol. The molecule has 1 aliphatic rings. The van der Waals surface area contributed by atoms with Gasteiger partial charge in [-0.1, -0.05) is 42.5 Å².